The van der Waals surface area contributed by atoms with Gasteiger partial charge in [0.15, 0.2) is 0 Å². The maximum absolute atomic E-state index is 4.74. The van der Waals surface area contributed by atoms with Crippen LogP contribution in [0.15, 0.2) is 183 Å². The molecule has 0 bridgehead atoms. The Kier molecular flexibility index (Phi) is 8.70. The molecule has 0 aromatic heterocycles. The van der Waals surface area contributed by atoms with E-state index in [1.165, 1.54) is 50.1 Å². The number of para-hydroxylation sites is 1. The first-order valence-corrected chi connectivity index (χ1v) is 19.5. The fourth-order valence-corrected chi connectivity index (χ4v) is 8.78. The average molecular weight is 723 g/mol. The van der Waals surface area contributed by atoms with Gasteiger partial charge in [-0.25, -0.2) is 0 Å². The predicted octanol–water partition coefficient (Wildman–Crippen LogP) is 14.7. The van der Waals surface area contributed by atoms with Gasteiger partial charge in [0.2, 0.25) is 0 Å². The number of aryl methyl sites for hydroxylation is 1. The molecule has 1 aliphatic carbocycles. The predicted molar refractivity (Wildman–Crippen MR) is 240 cm³/mol. The van der Waals surface area contributed by atoms with Gasteiger partial charge < -0.3 is 9.80 Å². The summed E-state index contributed by atoms with van der Waals surface area (Å²) in [5.74, 6) is 0. The molecule has 9 rings (SSSR count). The Morgan fingerprint density at radius 3 is 1.89 bits per heavy atom. The first kappa shape index (κ1) is 35.1. The van der Waals surface area contributed by atoms with Gasteiger partial charge in [-0.2, -0.15) is 0 Å². The van der Waals surface area contributed by atoms with Gasteiger partial charge in [-0.3, -0.25) is 0 Å². The maximum atomic E-state index is 4.74. The lowest BCUT2D eigenvalue weighted by Gasteiger charge is -2.34. The van der Waals surface area contributed by atoms with Crippen molar-refractivity contribution in [3.8, 4) is 22.3 Å². The number of hydrogen-bond acceptors (Lipinski definition) is 2. The number of benzene rings is 7. The molecule has 2 aliphatic rings. The molecule has 56 heavy (non-hydrogen) atoms. The van der Waals surface area contributed by atoms with Crippen LogP contribution in [0.25, 0.3) is 39.5 Å². The first-order chi connectivity index (χ1) is 27.2. The minimum Gasteiger partial charge on any atom is -0.334 e. The summed E-state index contributed by atoms with van der Waals surface area (Å²) < 4.78 is 0. The number of allylic oxidation sites excluding steroid dienone is 2. The van der Waals surface area contributed by atoms with E-state index < -0.39 is 0 Å². The van der Waals surface area contributed by atoms with E-state index in [0.717, 1.165) is 45.1 Å². The zero-order valence-electron chi connectivity index (χ0n) is 32.6. The van der Waals surface area contributed by atoms with Crippen LogP contribution in [0.5, 0.6) is 0 Å². The highest BCUT2D eigenvalue weighted by atomic mass is 15.2. The zero-order chi connectivity index (χ0) is 38.6. The number of fused-ring (bicyclic) bond motifs is 4. The molecular weight excluding hydrogens is 677 g/mol. The van der Waals surface area contributed by atoms with Crippen molar-refractivity contribution < 1.29 is 0 Å². The molecule has 0 spiro atoms. The molecule has 0 fully saturated rings. The van der Waals surface area contributed by atoms with Crippen molar-refractivity contribution in [2.24, 2.45) is 0 Å². The quantitative estimate of drug-likeness (QED) is 0.162. The Morgan fingerprint density at radius 2 is 1.18 bits per heavy atom. The standard InChI is InChI=1S/C54H46N2/c1-7-39-19-23-42(24-20-39)50-33-37(3)49-34-45(30-32-53(49)55(38(50)4)43-13-9-8-10-14-43)56(44-27-25-41(26-28-44)40-21-17-36(2)18-22-40)46-29-31-48-47-15-11-12-16-51(47)54(5,6)52(48)35-46/h7-35,38H,1,3H2,2,4-6H3. The molecule has 0 N–H and O–H groups in total. The lowest BCUT2D eigenvalue weighted by Crippen LogP contribution is -2.29. The molecule has 272 valence electrons. The molecule has 1 aliphatic heterocycles. The van der Waals surface area contributed by atoms with E-state index in [2.05, 4.69) is 214 Å². The topological polar surface area (TPSA) is 6.48 Å². The van der Waals surface area contributed by atoms with Gasteiger partial charge in [-0.15, -0.1) is 0 Å². The third-order valence-corrected chi connectivity index (χ3v) is 11.9. The van der Waals surface area contributed by atoms with Crippen LogP contribution < -0.4 is 9.80 Å². The van der Waals surface area contributed by atoms with Crippen LogP contribution in [-0.4, -0.2) is 6.04 Å². The van der Waals surface area contributed by atoms with E-state index in [1.54, 1.807) is 0 Å². The summed E-state index contributed by atoms with van der Waals surface area (Å²) in [5.41, 5.74) is 20.1. The summed E-state index contributed by atoms with van der Waals surface area (Å²) in [7, 11) is 0. The largest absolute Gasteiger partial charge is 0.334 e. The summed E-state index contributed by atoms with van der Waals surface area (Å²) in [6.45, 7) is 17.8. The molecule has 2 heteroatoms. The first-order valence-electron chi connectivity index (χ1n) is 19.5. The Morgan fingerprint density at radius 1 is 0.589 bits per heavy atom. The number of rotatable bonds is 7. The number of hydrogen-bond donors (Lipinski definition) is 0. The smallest absolute Gasteiger partial charge is 0.0569 e. The van der Waals surface area contributed by atoms with Crippen molar-refractivity contribution in [3.63, 3.8) is 0 Å². The lowest BCUT2D eigenvalue weighted by atomic mass is 9.82. The molecule has 2 nitrogen and oxygen atoms in total. The van der Waals surface area contributed by atoms with Crippen molar-refractivity contribution in [1.82, 2.24) is 0 Å². The average Bonchev–Trinajstić information content (AvgIpc) is 3.39. The van der Waals surface area contributed by atoms with E-state index in [0.29, 0.717) is 0 Å². The highest BCUT2D eigenvalue weighted by Crippen LogP contribution is 2.51. The molecule has 0 saturated carbocycles. The second kappa shape index (κ2) is 13.9. The van der Waals surface area contributed by atoms with Crippen molar-refractivity contribution >= 4 is 45.7 Å². The van der Waals surface area contributed by atoms with Crippen LogP contribution in [-0.2, 0) is 5.41 Å². The molecule has 1 atom stereocenters. The van der Waals surface area contributed by atoms with E-state index in [9.17, 15) is 0 Å². The van der Waals surface area contributed by atoms with Crippen LogP contribution in [0.3, 0.4) is 0 Å². The molecule has 1 heterocycles. The Bertz CT molecular complexity index is 2640. The molecule has 0 amide bonds. The molecule has 1 unspecified atom stereocenters. The third kappa shape index (κ3) is 5.99. The number of nitrogens with zero attached hydrogens (tertiary/aromatic N) is 2. The highest BCUT2D eigenvalue weighted by Gasteiger charge is 2.36. The van der Waals surface area contributed by atoms with Crippen LogP contribution in [0.1, 0.15) is 54.2 Å². The molecule has 7 aromatic carbocycles. The van der Waals surface area contributed by atoms with E-state index in [1.807, 2.05) is 6.08 Å². The van der Waals surface area contributed by atoms with Gasteiger partial charge in [0.1, 0.15) is 0 Å². The molecule has 0 radical (unpaired) electrons. The Balaban J connectivity index is 1.21. The highest BCUT2D eigenvalue weighted by molar-refractivity contribution is 5.97. The zero-order valence-corrected chi connectivity index (χ0v) is 32.6. The van der Waals surface area contributed by atoms with E-state index in [-0.39, 0.29) is 11.5 Å². The second-order valence-electron chi connectivity index (χ2n) is 15.7. The minimum absolute atomic E-state index is 0.0434. The molecular formula is C54H46N2. The van der Waals surface area contributed by atoms with Crippen molar-refractivity contribution in [3.05, 3.63) is 216 Å². The minimum atomic E-state index is -0.123. The molecule has 7 aromatic rings. The normalized spacial score (nSPS) is 15.3. The lowest BCUT2D eigenvalue weighted by molar-refractivity contribution is 0.660. The van der Waals surface area contributed by atoms with Crippen LogP contribution in [0.2, 0.25) is 0 Å². The van der Waals surface area contributed by atoms with Crippen molar-refractivity contribution in [1.29, 1.82) is 0 Å². The summed E-state index contributed by atoms with van der Waals surface area (Å²) >= 11 is 0. The summed E-state index contributed by atoms with van der Waals surface area (Å²) in [4.78, 5) is 4.87. The Labute approximate surface area is 332 Å². The van der Waals surface area contributed by atoms with Crippen LogP contribution in [0, 0.1) is 6.92 Å². The maximum Gasteiger partial charge on any atom is 0.0569 e. The summed E-state index contributed by atoms with van der Waals surface area (Å²) in [6.07, 6.45) is 4.18. The SMILES string of the molecule is C=Cc1ccc(C2=CC(=C)c3cc(N(c4ccc(-c5ccc(C)cc5)cc4)c4ccc5c(c4)C(C)(C)c4ccccc4-5)ccc3N(c3ccccc3)C2C)cc1. The van der Waals surface area contributed by atoms with Gasteiger partial charge >= 0.3 is 0 Å². The van der Waals surface area contributed by atoms with E-state index >= 15 is 0 Å². The monoisotopic (exact) mass is 722 g/mol. The fourth-order valence-electron chi connectivity index (χ4n) is 8.78. The van der Waals surface area contributed by atoms with Gasteiger partial charge in [-0.1, -0.05) is 148 Å². The fraction of sp³-hybridized carbons (Fsp3) is 0.111. The van der Waals surface area contributed by atoms with Gasteiger partial charge in [0.05, 0.1) is 6.04 Å². The van der Waals surface area contributed by atoms with E-state index in [4.69, 9.17) is 6.58 Å². The van der Waals surface area contributed by atoms with Gasteiger partial charge in [0.25, 0.3) is 0 Å². The third-order valence-electron chi connectivity index (χ3n) is 11.9. The molecule has 0 saturated heterocycles. The summed E-state index contributed by atoms with van der Waals surface area (Å²) in [5, 5.41) is 0. The van der Waals surface area contributed by atoms with Crippen LogP contribution in [0.4, 0.5) is 28.4 Å². The summed E-state index contributed by atoms with van der Waals surface area (Å²) in [6, 6.07) is 60.0. The second-order valence-corrected chi connectivity index (χ2v) is 15.7. The van der Waals surface area contributed by atoms with Crippen molar-refractivity contribution in [2.75, 3.05) is 9.80 Å². The van der Waals surface area contributed by atoms with Gasteiger partial charge in [0, 0.05) is 39.4 Å². The van der Waals surface area contributed by atoms with Gasteiger partial charge in [-0.05, 0) is 130 Å². The Hall–Kier alpha value is -6.64. The van der Waals surface area contributed by atoms with Crippen molar-refractivity contribution in [2.45, 2.75) is 39.2 Å². The van der Waals surface area contributed by atoms with Crippen LogP contribution >= 0.6 is 0 Å². The number of anilines is 5.